The van der Waals surface area contributed by atoms with Crippen molar-refractivity contribution in [2.45, 2.75) is 56.6 Å². The van der Waals surface area contributed by atoms with Crippen LogP contribution in [0.25, 0.3) is 0 Å². The Kier molecular flexibility index (Phi) is 6.64. The van der Waals surface area contributed by atoms with Crippen molar-refractivity contribution in [3.05, 3.63) is 35.9 Å². The molecule has 1 aromatic rings. The Balaban J connectivity index is 1.51. The van der Waals surface area contributed by atoms with Crippen LogP contribution in [-0.2, 0) is 14.3 Å². The molecule has 5 atom stereocenters. The van der Waals surface area contributed by atoms with Crippen LogP contribution in [0.15, 0.2) is 30.3 Å². The summed E-state index contributed by atoms with van der Waals surface area (Å²) < 4.78 is 11.8. The van der Waals surface area contributed by atoms with Crippen molar-refractivity contribution in [1.29, 1.82) is 0 Å². The first-order valence-electron chi connectivity index (χ1n) is 9.48. The number of hydrogen-bond donors (Lipinski definition) is 2. The van der Waals surface area contributed by atoms with E-state index in [0.29, 0.717) is 26.2 Å². The Morgan fingerprint density at radius 2 is 2.08 bits per heavy atom. The van der Waals surface area contributed by atoms with Crippen LogP contribution in [-0.4, -0.2) is 67.1 Å². The Morgan fingerprint density at radius 3 is 2.85 bits per heavy atom. The van der Waals surface area contributed by atoms with Gasteiger partial charge in [0, 0.05) is 12.6 Å². The van der Waals surface area contributed by atoms with Gasteiger partial charge in [-0.15, -0.1) is 0 Å². The van der Waals surface area contributed by atoms with E-state index in [1.165, 1.54) is 0 Å². The summed E-state index contributed by atoms with van der Waals surface area (Å²) in [5.74, 6) is 0.0142. The Morgan fingerprint density at radius 1 is 1.31 bits per heavy atom. The summed E-state index contributed by atoms with van der Waals surface area (Å²) in [6.45, 7) is 3.37. The van der Waals surface area contributed by atoms with Crippen LogP contribution in [0.2, 0.25) is 0 Å². The summed E-state index contributed by atoms with van der Waals surface area (Å²) in [4.78, 5) is 14.6. The molecule has 0 bridgehead atoms. The van der Waals surface area contributed by atoms with Crippen LogP contribution >= 0.6 is 0 Å². The van der Waals surface area contributed by atoms with Crippen LogP contribution < -0.4 is 5.32 Å². The molecule has 0 spiro atoms. The molecule has 2 heterocycles. The molecule has 6 nitrogen and oxygen atoms in total. The highest BCUT2D eigenvalue weighted by Crippen LogP contribution is 2.27. The molecule has 1 aromatic carbocycles. The third-order valence-electron chi connectivity index (χ3n) is 5.33. The molecule has 144 valence electrons. The van der Waals surface area contributed by atoms with Crippen LogP contribution in [0, 0.1) is 0 Å². The average molecular weight is 362 g/mol. The fraction of sp³-hybridized carbons (Fsp3) is 0.650. The fourth-order valence-corrected chi connectivity index (χ4v) is 3.93. The molecule has 2 aliphatic rings. The first-order valence-corrected chi connectivity index (χ1v) is 9.48. The van der Waals surface area contributed by atoms with Gasteiger partial charge in [0.05, 0.1) is 44.0 Å². The van der Waals surface area contributed by atoms with Gasteiger partial charge in [-0.05, 0) is 32.4 Å². The zero-order chi connectivity index (χ0) is 18.5. The van der Waals surface area contributed by atoms with Crippen molar-refractivity contribution in [3.63, 3.8) is 0 Å². The summed E-state index contributed by atoms with van der Waals surface area (Å²) in [6.07, 6.45) is 1.57. The molecule has 0 unspecified atom stereocenters. The van der Waals surface area contributed by atoms with E-state index < -0.39 is 6.10 Å². The molecule has 2 saturated heterocycles. The highest BCUT2D eigenvalue weighted by Gasteiger charge is 2.36. The van der Waals surface area contributed by atoms with Gasteiger partial charge >= 0.3 is 0 Å². The molecule has 6 heteroatoms. The predicted molar refractivity (Wildman–Crippen MR) is 98.8 cm³/mol. The second-order valence-corrected chi connectivity index (χ2v) is 7.48. The molecule has 2 fully saturated rings. The number of rotatable bonds is 4. The minimum absolute atomic E-state index is 0.0142. The van der Waals surface area contributed by atoms with E-state index in [1.807, 2.05) is 44.3 Å². The molecule has 1 amide bonds. The van der Waals surface area contributed by atoms with Crippen molar-refractivity contribution < 1.29 is 19.4 Å². The summed E-state index contributed by atoms with van der Waals surface area (Å²) in [6, 6.07) is 10.2. The van der Waals surface area contributed by atoms with Crippen LogP contribution in [0.5, 0.6) is 0 Å². The average Bonchev–Trinajstić information content (AvgIpc) is 2.61. The number of fused-ring (bicyclic) bond motifs is 1. The van der Waals surface area contributed by atoms with Gasteiger partial charge in [-0.2, -0.15) is 0 Å². The monoisotopic (exact) mass is 362 g/mol. The van der Waals surface area contributed by atoms with E-state index in [2.05, 4.69) is 10.2 Å². The number of carbonyl (C=O) groups excluding carboxylic acids is 1. The first kappa shape index (κ1) is 19.3. The van der Waals surface area contributed by atoms with E-state index in [4.69, 9.17) is 9.47 Å². The van der Waals surface area contributed by atoms with Gasteiger partial charge in [-0.3, -0.25) is 9.69 Å². The van der Waals surface area contributed by atoms with Crippen LogP contribution in [0.1, 0.15) is 37.8 Å². The number of carbonyl (C=O) groups is 1. The Hall–Kier alpha value is -1.47. The standard InChI is InChI=1S/C20H30N2O4/c1-14(15-6-4-3-5-7-15)21-20(24)10-17-8-9-18-19(26-17)13-25-12-16(23)11-22(18)2/h3-7,14,16-19,23H,8-13H2,1-2H3,(H,21,24)/t14-,16+,17+,18+,19-/m1/s1. The highest BCUT2D eigenvalue weighted by atomic mass is 16.5. The maximum Gasteiger partial charge on any atom is 0.223 e. The highest BCUT2D eigenvalue weighted by molar-refractivity contribution is 5.76. The van der Waals surface area contributed by atoms with E-state index >= 15 is 0 Å². The minimum Gasteiger partial charge on any atom is -0.389 e. The second-order valence-electron chi connectivity index (χ2n) is 7.48. The van der Waals surface area contributed by atoms with Crippen LogP contribution in [0.4, 0.5) is 0 Å². The minimum atomic E-state index is -0.455. The zero-order valence-corrected chi connectivity index (χ0v) is 15.6. The van der Waals surface area contributed by atoms with Gasteiger partial charge in [0.2, 0.25) is 5.91 Å². The first-order chi connectivity index (χ1) is 12.5. The number of amides is 1. The van der Waals surface area contributed by atoms with Crippen molar-refractivity contribution in [3.8, 4) is 0 Å². The number of β-amino-alcohol motifs (C(OH)–C–C–N with tert-alkyl or cyclic N) is 1. The number of nitrogens with one attached hydrogen (secondary N) is 1. The van der Waals surface area contributed by atoms with Crippen LogP contribution in [0.3, 0.4) is 0 Å². The van der Waals surface area contributed by atoms with Crippen molar-refractivity contribution in [2.75, 3.05) is 26.8 Å². The van der Waals surface area contributed by atoms with E-state index in [-0.39, 0.29) is 30.2 Å². The number of likely N-dealkylation sites (N-methyl/N-ethyl adjacent to an activating group) is 1. The Labute approximate surface area is 155 Å². The molecule has 0 aromatic heterocycles. The normalized spacial score (nSPS) is 31.3. The van der Waals surface area contributed by atoms with E-state index in [9.17, 15) is 9.90 Å². The maximum absolute atomic E-state index is 12.4. The van der Waals surface area contributed by atoms with Crippen molar-refractivity contribution in [2.24, 2.45) is 0 Å². The summed E-state index contributed by atoms with van der Waals surface area (Å²) >= 11 is 0. The summed E-state index contributed by atoms with van der Waals surface area (Å²) in [5.41, 5.74) is 1.10. The van der Waals surface area contributed by atoms with Gasteiger partial charge in [0.25, 0.3) is 0 Å². The van der Waals surface area contributed by atoms with E-state index in [1.54, 1.807) is 0 Å². The van der Waals surface area contributed by atoms with Crippen molar-refractivity contribution in [1.82, 2.24) is 10.2 Å². The van der Waals surface area contributed by atoms with Gasteiger partial charge in [-0.25, -0.2) is 0 Å². The van der Waals surface area contributed by atoms with E-state index in [0.717, 1.165) is 18.4 Å². The maximum atomic E-state index is 12.4. The van der Waals surface area contributed by atoms with Gasteiger partial charge in [0.15, 0.2) is 0 Å². The molecule has 2 N–H and O–H groups in total. The SMILES string of the molecule is C[C@@H](NC(=O)C[C@@H]1CC[C@H]2[C@@H](COC[C@@H](O)CN2C)O1)c1ccccc1. The lowest BCUT2D eigenvalue weighted by atomic mass is 9.95. The smallest absolute Gasteiger partial charge is 0.223 e. The number of aliphatic hydroxyl groups excluding tert-OH is 1. The lowest BCUT2D eigenvalue weighted by molar-refractivity contribution is -0.153. The zero-order valence-electron chi connectivity index (χ0n) is 15.6. The summed E-state index contributed by atoms with van der Waals surface area (Å²) in [5, 5.41) is 12.9. The molecule has 0 aliphatic carbocycles. The Bertz CT molecular complexity index is 582. The number of ether oxygens (including phenoxy) is 2. The molecule has 26 heavy (non-hydrogen) atoms. The molecule has 2 aliphatic heterocycles. The molecule has 3 rings (SSSR count). The lowest BCUT2D eigenvalue weighted by Crippen LogP contribution is -2.54. The molecular formula is C20H30N2O4. The van der Waals surface area contributed by atoms with Crippen molar-refractivity contribution >= 4 is 5.91 Å². The third kappa shape index (κ3) is 5.04. The largest absolute Gasteiger partial charge is 0.389 e. The predicted octanol–water partition coefficient (Wildman–Crippen LogP) is 1.49. The number of benzene rings is 1. The fourth-order valence-electron chi connectivity index (χ4n) is 3.93. The molecule has 0 radical (unpaired) electrons. The quantitative estimate of drug-likeness (QED) is 0.849. The van der Waals surface area contributed by atoms with Gasteiger partial charge in [-0.1, -0.05) is 30.3 Å². The number of nitrogens with zero attached hydrogens (tertiary/aromatic N) is 1. The number of hydrogen-bond acceptors (Lipinski definition) is 5. The second kappa shape index (κ2) is 8.95. The molecule has 0 saturated carbocycles. The number of aliphatic hydroxyl groups is 1. The topological polar surface area (TPSA) is 71.0 Å². The third-order valence-corrected chi connectivity index (χ3v) is 5.33. The van der Waals surface area contributed by atoms with Gasteiger partial charge < -0.3 is 19.9 Å². The van der Waals surface area contributed by atoms with Gasteiger partial charge in [0.1, 0.15) is 0 Å². The lowest BCUT2D eigenvalue weighted by Gasteiger charge is -2.43. The summed E-state index contributed by atoms with van der Waals surface area (Å²) in [7, 11) is 2.02. The molecular weight excluding hydrogens is 332 g/mol.